The molecule has 0 aliphatic carbocycles. The average Bonchev–Trinajstić information content (AvgIpc) is 3.68. The van der Waals surface area contributed by atoms with Gasteiger partial charge in [0.05, 0.1) is 43.8 Å². The molecule has 2 bridgehead atoms. The molecule has 3 heterocycles. The van der Waals surface area contributed by atoms with Crippen molar-refractivity contribution in [1.82, 2.24) is 35.5 Å². The molecule has 2 aromatic carbocycles. The number of fused-ring (bicyclic) bond motifs is 4. The number of benzene rings is 2. The molecule has 1 aliphatic rings. The van der Waals surface area contributed by atoms with Gasteiger partial charge >= 0.3 is 5.97 Å². The molecular weight excluding hydrogens is 546 g/mol. The first-order valence-electron chi connectivity index (χ1n) is 13.0. The highest BCUT2D eigenvalue weighted by Gasteiger charge is 2.19. The maximum absolute atomic E-state index is 13.1. The number of hydrogen-bond acceptors (Lipinski definition) is 8. The van der Waals surface area contributed by atoms with E-state index < -0.39 is 6.04 Å². The molecule has 11 nitrogen and oxygen atoms in total. The van der Waals surface area contributed by atoms with Crippen LogP contribution in [0.2, 0.25) is 5.02 Å². The Bertz CT molecular complexity index is 1580. The third kappa shape index (κ3) is 7.06. The zero-order chi connectivity index (χ0) is 28.6. The predicted molar refractivity (Wildman–Crippen MR) is 152 cm³/mol. The van der Waals surface area contributed by atoms with E-state index >= 15 is 0 Å². The van der Waals surface area contributed by atoms with E-state index in [9.17, 15) is 9.59 Å². The number of aromatic nitrogens is 6. The zero-order valence-electron chi connectivity index (χ0n) is 22.3. The molecule has 12 heteroatoms. The number of halogens is 1. The van der Waals surface area contributed by atoms with Crippen LogP contribution in [-0.2, 0) is 20.7 Å². The number of carbonyl (C=O) groups is 2. The highest BCUT2D eigenvalue weighted by atomic mass is 35.5. The van der Waals surface area contributed by atoms with Crippen LogP contribution in [-0.4, -0.2) is 55.8 Å². The maximum atomic E-state index is 13.1. The van der Waals surface area contributed by atoms with E-state index in [2.05, 4.69) is 36.9 Å². The van der Waals surface area contributed by atoms with Crippen molar-refractivity contribution in [2.75, 3.05) is 13.7 Å². The molecule has 0 saturated carbocycles. The van der Waals surface area contributed by atoms with Crippen molar-refractivity contribution < 1.29 is 19.1 Å². The van der Waals surface area contributed by atoms with Gasteiger partial charge in [0.1, 0.15) is 17.9 Å². The maximum Gasteiger partial charge on any atom is 0.309 e. The van der Waals surface area contributed by atoms with Gasteiger partial charge in [-0.25, -0.2) is 4.98 Å². The molecule has 41 heavy (non-hydrogen) atoms. The minimum Gasteiger partial charge on any atom is -0.493 e. The van der Waals surface area contributed by atoms with Crippen LogP contribution in [0.4, 0.5) is 0 Å². The molecule has 1 amide bonds. The number of allylic oxidation sites excluding steroid dienone is 1. The van der Waals surface area contributed by atoms with Gasteiger partial charge in [0, 0.05) is 22.2 Å². The quantitative estimate of drug-likeness (QED) is 0.197. The van der Waals surface area contributed by atoms with Gasteiger partial charge < -0.3 is 19.8 Å². The standard InChI is InChI=1S/C29H28ClN7O4/c1-40-28(39)15-19-7-10-22-24-17-31-29(34-24)23(6-4-2-3-5-13-41-26(22)14-19)33-27(38)12-8-20-16-21(30)9-11-25(20)37-18-32-35-36-37/h2,4,7-12,14,16-18,23H,3,5-6,13,15H2,1H3,(H,31,34)(H,33,38)/b4-2+,12-8+/t23-/m0/s1. The fourth-order valence-corrected chi connectivity index (χ4v) is 4.59. The molecule has 210 valence electrons. The number of esters is 1. The van der Waals surface area contributed by atoms with Crippen molar-refractivity contribution in [3.63, 3.8) is 0 Å². The molecular formula is C29H28ClN7O4. The van der Waals surface area contributed by atoms with E-state index in [0.717, 1.165) is 29.7 Å². The second-order valence-electron chi connectivity index (χ2n) is 9.32. The van der Waals surface area contributed by atoms with Crippen LogP contribution < -0.4 is 10.1 Å². The SMILES string of the molecule is COC(=O)Cc1ccc2c(c1)OCCC/C=C/C[C@H](NC(=O)/C=C/c1cc(Cl)ccc1-n1cnnn1)c1ncc-2[nH]1. The Morgan fingerprint density at radius 2 is 2.15 bits per heavy atom. The molecule has 2 aromatic heterocycles. The summed E-state index contributed by atoms with van der Waals surface area (Å²) in [5, 5.41) is 14.9. The number of tetrazole rings is 1. The van der Waals surface area contributed by atoms with E-state index in [1.165, 1.54) is 24.2 Å². The molecule has 5 rings (SSSR count). The molecule has 0 unspecified atom stereocenters. The summed E-state index contributed by atoms with van der Waals surface area (Å²) in [5.74, 6) is 0.628. The monoisotopic (exact) mass is 573 g/mol. The van der Waals surface area contributed by atoms with Crippen molar-refractivity contribution in [2.24, 2.45) is 0 Å². The summed E-state index contributed by atoms with van der Waals surface area (Å²) in [7, 11) is 1.37. The minimum atomic E-state index is -0.404. The number of hydrogen-bond donors (Lipinski definition) is 2. The Morgan fingerprint density at radius 3 is 2.98 bits per heavy atom. The summed E-state index contributed by atoms with van der Waals surface area (Å²) in [5.41, 5.74) is 3.70. The Kier molecular flexibility index (Phi) is 8.85. The third-order valence-electron chi connectivity index (χ3n) is 6.47. The summed E-state index contributed by atoms with van der Waals surface area (Å²) in [6.07, 6.45) is 12.7. The molecule has 1 atom stereocenters. The van der Waals surface area contributed by atoms with Gasteiger partial charge in [-0.05, 0) is 71.7 Å². The van der Waals surface area contributed by atoms with Crippen LogP contribution in [0.15, 0.2) is 67.2 Å². The number of rotatable bonds is 6. The van der Waals surface area contributed by atoms with Gasteiger partial charge in [-0.3, -0.25) is 9.59 Å². The number of methoxy groups -OCH3 is 1. The molecule has 2 N–H and O–H groups in total. The normalized spacial score (nSPS) is 16.0. The number of aromatic amines is 1. The van der Waals surface area contributed by atoms with Gasteiger partial charge in [0.25, 0.3) is 0 Å². The average molecular weight is 574 g/mol. The minimum absolute atomic E-state index is 0.151. The lowest BCUT2D eigenvalue weighted by Gasteiger charge is -2.14. The zero-order valence-corrected chi connectivity index (χ0v) is 23.0. The van der Waals surface area contributed by atoms with E-state index in [1.54, 1.807) is 30.5 Å². The van der Waals surface area contributed by atoms with Crippen molar-refractivity contribution in [3.05, 3.63) is 89.1 Å². The number of H-pyrrole nitrogens is 1. The van der Waals surface area contributed by atoms with Crippen molar-refractivity contribution in [1.29, 1.82) is 0 Å². The highest BCUT2D eigenvalue weighted by Crippen LogP contribution is 2.32. The third-order valence-corrected chi connectivity index (χ3v) is 6.70. The Hall–Kier alpha value is -4.77. The van der Waals surface area contributed by atoms with Crippen molar-refractivity contribution >= 4 is 29.6 Å². The van der Waals surface area contributed by atoms with Gasteiger partial charge in [-0.2, -0.15) is 4.68 Å². The van der Waals surface area contributed by atoms with Crippen LogP contribution in [0.3, 0.4) is 0 Å². The lowest BCUT2D eigenvalue weighted by atomic mass is 10.1. The lowest BCUT2D eigenvalue weighted by Crippen LogP contribution is -2.27. The summed E-state index contributed by atoms with van der Waals surface area (Å²) < 4.78 is 12.4. The summed E-state index contributed by atoms with van der Waals surface area (Å²) in [6, 6.07) is 10.5. The molecule has 0 spiro atoms. The number of imidazole rings is 1. The second kappa shape index (κ2) is 13.1. The molecule has 1 aliphatic heterocycles. The van der Waals surface area contributed by atoms with Crippen LogP contribution in [0.5, 0.6) is 5.75 Å². The van der Waals surface area contributed by atoms with Gasteiger partial charge in [0.2, 0.25) is 5.91 Å². The van der Waals surface area contributed by atoms with Crippen LogP contribution >= 0.6 is 11.6 Å². The topological polar surface area (TPSA) is 137 Å². The van der Waals surface area contributed by atoms with E-state index in [1.807, 2.05) is 24.3 Å². The van der Waals surface area contributed by atoms with Gasteiger partial charge in [0.15, 0.2) is 0 Å². The predicted octanol–water partition coefficient (Wildman–Crippen LogP) is 4.41. The number of nitrogens with one attached hydrogen (secondary N) is 2. The van der Waals surface area contributed by atoms with E-state index in [0.29, 0.717) is 40.9 Å². The number of nitrogens with zero attached hydrogens (tertiary/aromatic N) is 5. The number of carbonyl (C=O) groups excluding carboxylic acids is 2. The van der Waals surface area contributed by atoms with Crippen LogP contribution in [0.25, 0.3) is 23.0 Å². The first kappa shape index (κ1) is 27.8. The van der Waals surface area contributed by atoms with Crippen molar-refractivity contribution in [3.8, 4) is 22.7 Å². The summed E-state index contributed by atoms with van der Waals surface area (Å²) in [6.45, 7) is 0.515. The smallest absolute Gasteiger partial charge is 0.309 e. The molecule has 0 radical (unpaired) electrons. The lowest BCUT2D eigenvalue weighted by molar-refractivity contribution is -0.139. The second-order valence-corrected chi connectivity index (χ2v) is 9.75. The molecule has 0 fully saturated rings. The summed E-state index contributed by atoms with van der Waals surface area (Å²) >= 11 is 6.20. The van der Waals surface area contributed by atoms with Crippen molar-refractivity contribution in [2.45, 2.75) is 31.7 Å². The van der Waals surface area contributed by atoms with Gasteiger partial charge in [-0.15, -0.1) is 5.10 Å². The van der Waals surface area contributed by atoms with Crippen LogP contribution in [0.1, 0.15) is 42.3 Å². The largest absolute Gasteiger partial charge is 0.493 e. The summed E-state index contributed by atoms with van der Waals surface area (Å²) in [4.78, 5) is 32.8. The Labute approximate surface area is 241 Å². The van der Waals surface area contributed by atoms with E-state index in [-0.39, 0.29) is 18.3 Å². The fourth-order valence-electron chi connectivity index (χ4n) is 4.40. The Balaban J connectivity index is 1.38. The van der Waals surface area contributed by atoms with E-state index in [4.69, 9.17) is 21.1 Å². The number of ether oxygens (including phenoxy) is 2. The first-order chi connectivity index (χ1) is 20.0. The first-order valence-corrected chi connectivity index (χ1v) is 13.4. The van der Waals surface area contributed by atoms with Gasteiger partial charge in [-0.1, -0.05) is 29.8 Å². The Morgan fingerprint density at radius 1 is 1.24 bits per heavy atom. The molecule has 0 saturated heterocycles. The number of amides is 1. The molecule has 4 aromatic rings. The fraction of sp³-hybridized carbons (Fsp3) is 0.241. The van der Waals surface area contributed by atoms with Crippen LogP contribution in [0, 0.1) is 0 Å². The highest BCUT2D eigenvalue weighted by molar-refractivity contribution is 6.30.